The van der Waals surface area contributed by atoms with E-state index < -0.39 is 25.0 Å². The topological polar surface area (TPSA) is 30.9 Å². The van der Waals surface area contributed by atoms with E-state index in [-0.39, 0.29) is 5.04 Å². The van der Waals surface area contributed by atoms with E-state index in [1.165, 1.54) is 0 Å². The van der Waals surface area contributed by atoms with Gasteiger partial charge in [-0.15, -0.1) is 5.23 Å². The van der Waals surface area contributed by atoms with E-state index in [2.05, 4.69) is 79.7 Å². The summed E-state index contributed by atoms with van der Waals surface area (Å²) < 4.78 is 18.3. The van der Waals surface area contributed by atoms with Crippen molar-refractivity contribution in [2.24, 2.45) is 0 Å². The van der Waals surface area contributed by atoms with Crippen LogP contribution in [0.3, 0.4) is 0 Å². The van der Waals surface area contributed by atoms with Gasteiger partial charge in [-0.2, -0.15) is 0 Å². The van der Waals surface area contributed by atoms with Gasteiger partial charge in [0, 0.05) is 0 Å². The third kappa shape index (κ3) is 8.64. The molecule has 7 heteroatoms. The number of hydrogen-bond acceptors (Lipinski definition) is 4. The Morgan fingerprint density at radius 1 is 0.864 bits per heavy atom. The second-order valence-electron chi connectivity index (χ2n) is 9.28. The van der Waals surface area contributed by atoms with Gasteiger partial charge in [-0.05, 0) is 57.4 Å². The van der Waals surface area contributed by atoms with E-state index in [0.717, 1.165) is 5.70 Å². The maximum Gasteiger partial charge on any atom is 0.223 e. The molecule has 0 aliphatic carbocycles. The van der Waals surface area contributed by atoms with Gasteiger partial charge in [-0.25, -0.2) is 0 Å². The molecule has 0 aromatic rings. The molecular weight excluding hydrogens is 326 g/mol. The molecule has 0 heterocycles. The van der Waals surface area contributed by atoms with Gasteiger partial charge in [-0.1, -0.05) is 27.4 Å². The summed E-state index contributed by atoms with van der Waals surface area (Å²) in [6.07, 6.45) is 0. The van der Waals surface area contributed by atoms with Crippen molar-refractivity contribution < 1.29 is 13.5 Å². The van der Waals surface area contributed by atoms with Gasteiger partial charge < -0.3 is 4.43 Å². The molecule has 0 N–H and O–H groups in total. The molecule has 22 heavy (non-hydrogen) atoms. The molecule has 0 aliphatic heterocycles. The molecule has 132 valence electrons. The number of hydroxylamine groups is 2. The van der Waals surface area contributed by atoms with Crippen LogP contribution in [0.5, 0.6) is 0 Å². The van der Waals surface area contributed by atoms with Crippen LogP contribution in [-0.2, 0) is 13.5 Å². The first-order chi connectivity index (χ1) is 9.45. The fourth-order valence-corrected chi connectivity index (χ4v) is 3.54. The second kappa shape index (κ2) is 7.31. The van der Waals surface area contributed by atoms with Gasteiger partial charge in [0.15, 0.2) is 8.32 Å². The molecule has 0 bridgehead atoms. The summed E-state index contributed by atoms with van der Waals surface area (Å²) in [7, 11) is -5.36. The standard InChI is InChI=1S/C15H37NO3Si3/c1-14(13-17-22(11,12)15(2,3)4)16(18-20(5,6)7)19-21(8,9)10/h1,13H2,2-12H3. The molecule has 0 aliphatic rings. The highest BCUT2D eigenvalue weighted by molar-refractivity contribution is 6.74. The van der Waals surface area contributed by atoms with Crippen molar-refractivity contribution in [1.82, 2.24) is 5.23 Å². The predicted octanol–water partition coefficient (Wildman–Crippen LogP) is 5.36. The average molecular weight is 364 g/mol. The van der Waals surface area contributed by atoms with Crippen molar-refractivity contribution in [2.45, 2.75) is 78.2 Å². The van der Waals surface area contributed by atoms with E-state index in [9.17, 15) is 0 Å². The van der Waals surface area contributed by atoms with Crippen LogP contribution in [0, 0.1) is 0 Å². The smallest absolute Gasteiger partial charge is 0.223 e. The molecule has 0 atom stereocenters. The van der Waals surface area contributed by atoms with Crippen molar-refractivity contribution in [3.63, 3.8) is 0 Å². The lowest BCUT2D eigenvalue weighted by molar-refractivity contribution is -0.246. The molecule has 0 saturated carbocycles. The molecule has 0 unspecified atom stereocenters. The highest BCUT2D eigenvalue weighted by atomic mass is 28.4. The summed E-state index contributed by atoms with van der Waals surface area (Å²) in [4.78, 5) is 0. The van der Waals surface area contributed by atoms with E-state index in [4.69, 9.17) is 13.5 Å². The monoisotopic (exact) mass is 363 g/mol. The predicted molar refractivity (Wildman–Crippen MR) is 103 cm³/mol. The first-order valence-corrected chi connectivity index (χ1v) is 17.7. The minimum atomic E-state index is -1.81. The Balaban J connectivity index is 4.92. The molecule has 0 amide bonds. The van der Waals surface area contributed by atoms with E-state index in [1.807, 2.05) is 0 Å². The zero-order chi connectivity index (χ0) is 18.0. The lowest BCUT2D eigenvalue weighted by Crippen LogP contribution is -2.46. The maximum atomic E-state index is 6.23. The lowest BCUT2D eigenvalue weighted by Gasteiger charge is -2.39. The number of nitrogens with zero attached hydrogens (tertiary/aromatic N) is 1. The molecule has 4 nitrogen and oxygen atoms in total. The van der Waals surface area contributed by atoms with Crippen molar-refractivity contribution >= 4 is 25.0 Å². The largest absolute Gasteiger partial charge is 0.411 e. The highest BCUT2D eigenvalue weighted by Crippen LogP contribution is 2.36. The first-order valence-electron chi connectivity index (χ1n) is 7.95. The van der Waals surface area contributed by atoms with Crippen LogP contribution in [0.15, 0.2) is 12.3 Å². The Kier molecular flexibility index (Phi) is 7.34. The zero-order valence-electron chi connectivity index (χ0n) is 16.6. The molecule has 0 radical (unpaired) electrons. The summed E-state index contributed by atoms with van der Waals surface area (Å²) in [6, 6.07) is 0. The summed E-state index contributed by atoms with van der Waals surface area (Å²) in [6.45, 7) is 28.6. The highest BCUT2D eigenvalue weighted by Gasteiger charge is 2.38. The van der Waals surface area contributed by atoms with Crippen LogP contribution >= 0.6 is 0 Å². The lowest BCUT2D eigenvalue weighted by atomic mass is 10.2. The van der Waals surface area contributed by atoms with Crippen LogP contribution in [-0.4, -0.2) is 36.8 Å². The van der Waals surface area contributed by atoms with Gasteiger partial charge in [0.1, 0.15) is 0 Å². The van der Waals surface area contributed by atoms with Crippen LogP contribution in [0.2, 0.25) is 57.4 Å². The Hall–Kier alpha value is 0.0706. The summed E-state index contributed by atoms with van der Waals surface area (Å²) in [5.41, 5.74) is 0.745. The first kappa shape index (κ1) is 22.1. The molecular formula is C15H37NO3Si3. The van der Waals surface area contributed by atoms with Gasteiger partial charge in [0.2, 0.25) is 16.6 Å². The summed E-state index contributed by atoms with van der Waals surface area (Å²) in [5, 5.41) is 1.73. The van der Waals surface area contributed by atoms with Gasteiger partial charge in [0.05, 0.1) is 12.3 Å². The van der Waals surface area contributed by atoms with Crippen molar-refractivity contribution in [3.8, 4) is 0 Å². The van der Waals surface area contributed by atoms with Crippen LogP contribution in [0.4, 0.5) is 0 Å². The Morgan fingerprint density at radius 2 is 1.23 bits per heavy atom. The minimum Gasteiger partial charge on any atom is -0.411 e. The van der Waals surface area contributed by atoms with Crippen LogP contribution in [0.25, 0.3) is 0 Å². The fourth-order valence-electron chi connectivity index (χ4n) is 1.18. The molecule has 0 rings (SSSR count). The molecule has 0 saturated heterocycles. The number of rotatable bonds is 8. The second-order valence-corrected chi connectivity index (χ2v) is 22.9. The van der Waals surface area contributed by atoms with Gasteiger partial charge >= 0.3 is 0 Å². The molecule has 0 fully saturated rings. The van der Waals surface area contributed by atoms with Gasteiger partial charge in [0.25, 0.3) is 0 Å². The summed E-state index contributed by atoms with van der Waals surface area (Å²) >= 11 is 0. The fraction of sp³-hybridized carbons (Fsp3) is 0.867. The normalized spacial score (nSPS) is 14.1. The zero-order valence-corrected chi connectivity index (χ0v) is 19.6. The average Bonchev–Trinajstić information content (AvgIpc) is 2.19. The Morgan fingerprint density at radius 3 is 1.50 bits per heavy atom. The molecule has 0 spiro atoms. The van der Waals surface area contributed by atoms with Crippen molar-refractivity contribution in [2.75, 3.05) is 6.61 Å². The van der Waals surface area contributed by atoms with E-state index in [1.54, 1.807) is 5.23 Å². The van der Waals surface area contributed by atoms with Crippen molar-refractivity contribution in [1.29, 1.82) is 0 Å². The third-order valence-electron chi connectivity index (χ3n) is 3.38. The summed E-state index contributed by atoms with van der Waals surface area (Å²) in [5.74, 6) is 0. The molecule has 0 aromatic heterocycles. The third-order valence-corrected chi connectivity index (χ3v) is 9.28. The SMILES string of the molecule is C=C(CO[Si](C)(C)C(C)(C)C)N(O[Si](C)(C)C)O[Si](C)(C)C. The Bertz CT molecular complexity index is 363. The minimum absolute atomic E-state index is 0.178. The van der Waals surface area contributed by atoms with Crippen LogP contribution < -0.4 is 0 Å². The molecule has 0 aromatic carbocycles. The van der Waals surface area contributed by atoms with Gasteiger partial charge in [-0.3, -0.25) is 9.05 Å². The van der Waals surface area contributed by atoms with E-state index >= 15 is 0 Å². The van der Waals surface area contributed by atoms with Crippen molar-refractivity contribution in [3.05, 3.63) is 12.3 Å². The quantitative estimate of drug-likeness (QED) is 0.429. The maximum absolute atomic E-state index is 6.23. The Labute approximate surface area is 141 Å². The van der Waals surface area contributed by atoms with E-state index in [0.29, 0.717) is 6.61 Å². The van der Waals surface area contributed by atoms with Crippen LogP contribution in [0.1, 0.15) is 20.8 Å². The number of hydrogen-bond donors (Lipinski definition) is 0.